The summed E-state index contributed by atoms with van der Waals surface area (Å²) in [4.78, 5) is 30.0. The molecule has 2 aromatic carbocycles. The van der Waals surface area contributed by atoms with Crippen LogP contribution in [0.3, 0.4) is 0 Å². The molecule has 1 saturated heterocycles. The van der Waals surface area contributed by atoms with Crippen LogP contribution in [0.5, 0.6) is 0 Å². The first-order valence-electron chi connectivity index (χ1n) is 10.3. The minimum atomic E-state index is -2.89. The maximum Gasteiger partial charge on any atom is 0.467 e. The molecule has 0 unspecified atom stereocenters. The van der Waals surface area contributed by atoms with E-state index in [9.17, 15) is 18.0 Å². The summed E-state index contributed by atoms with van der Waals surface area (Å²) >= 11 is 12.5. The first-order chi connectivity index (χ1) is 16.2. The quantitative estimate of drug-likeness (QED) is 0.546. The maximum absolute atomic E-state index is 13.5. The van der Waals surface area contributed by atoms with Crippen molar-refractivity contribution in [1.29, 1.82) is 0 Å². The third-order valence-corrected chi connectivity index (χ3v) is 7.07. The lowest BCUT2D eigenvalue weighted by molar-refractivity contribution is -0.120. The number of piperidine rings is 1. The van der Waals surface area contributed by atoms with Crippen molar-refractivity contribution in [2.45, 2.75) is 18.4 Å². The second kappa shape index (κ2) is 9.75. The Morgan fingerprint density at radius 2 is 1.76 bits per heavy atom. The molecule has 2 heterocycles. The summed E-state index contributed by atoms with van der Waals surface area (Å²) < 4.78 is 25.7. The number of hydrogen-bond acceptors (Lipinski definition) is 6. The van der Waals surface area contributed by atoms with Gasteiger partial charge in [-0.05, 0) is 36.6 Å². The van der Waals surface area contributed by atoms with Crippen LogP contribution >= 0.6 is 23.2 Å². The Balaban J connectivity index is 1.61. The fourth-order valence-electron chi connectivity index (χ4n) is 4.24. The molecule has 0 bridgehead atoms. The monoisotopic (exact) mass is 522 g/mol. The number of carbonyl (C=O) groups excluding carboxylic acids is 2. The number of carbonyl (C=O) groups is 2. The van der Waals surface area contributed by atoms with E-state index in [4.69, 9.17) is 28.0 Å². The van der Waals surface area contributed by atoms with Crippen LogP contribution in [0.4, 0.5) is 4.79 Å². The molecular weight excluding hydrogens is 503 g/mol. The van der Waals surface area contributed by atoms with E-state index in [0.717, 1.165) is 11.1 Å². The average Bonchev–Trinajstić information content (AvgIpc) is 3.15. The maximum atomic E-state index is 13.5. The summed E-state index contributed by atoms with van der Waals surface area (Å²) in [6.45, 7) is 0.525. The number of nitrogens with one attached hydrogen (secondary N) is 1. The van der Waals surface area contributed by atoms with Gasteiger partial charge in [0.2, 0.25) is 0 Å². The summed E-state index contributed by atoms with van der Waals surface area (Å²) in [6, 6.07) is 14.7. The molecule has 34 heavy (non-hydrogen) atoms. The zero-order chi connectivity index (χ0) is 24.5. The lowest BCUT2D eigenvalue weighted by Gasteiger charge is -2.41. The van der Waals surface area contributed by atoms with Crippen LogP contribution < -0.4 is 5.32 Å². The second-order valence-electron chi connectivity index (χ2n) is 7.88. The number of fused-ring (bicyclic) bond motifs is 1. The van der Waals surface area contributed by atoms with Gasteiger partial charge in [0.05, 0.1) is 15.6 Å². The highest BCUT2D eigenvalue weighted by atomic mass is 35.5. The molecular formula is C22H20Cl2N4O5S. The second-order valence-corrected chi connectivity index (χ2v) is 9.28. The van der Waals surface area contributed by atoms with E-state index >= 15 is 0 Å². The van der Waals surface area contributed by atoms with Crippen LogP contribution in [0.2, 0.25) is 10.0 Å². The predicted octanol–water partition coefficient (Wildman–Crippen LogP) is 4.32. The molecule has 1 aliphatic rings. The van der Waals surface area contributed by atoms with Crippen molar-refractivity contribution in [1.82, 2.24) is 14.9 Å². The Bertz CT molecular complexity index is 1390. The summed E-state index contributed by atoms with van der Waals surface area (Å²) in [5, 5.41) is 5.98. The largest absolute Gasteiger partial charge is 0.467 e. The zero-order valence-electron chi connectivity index (χ0n) is 18.0. The third-order valence-electron chi connectivity index (χ3n) is 5.96. The standard InChI is InChI=1S/C22H20Cl2N4O5S/c1-27-17-8-7-16(23)19(24)15(17)13-18(27)20(29)25-22(14-5-3-2-4-6-14)9-11-28(12-10-22)33-21(30)26-34(31)32/h2-8,13H,9-12H2,1H3,(H,25,29). The van der Waals surface area contributed by atoms with Crippen molar-refractivity contribution in [2.24, 2.45) is 11.4 Å². The molecule has 0 atom stereocenters. The first-order valence-corrected chi connectivity index (χ1v) is 12.1. The van der Waals surface area contributed by atoms with Crippen LogP contribution in [0.15, 0.2) is 52.9 Å². The number of hydroxylamine groups is 2. The van der Waals surface area contributed by atoms with E-state index < -0.39 is 22.1 Å². The Hall–Kier alpha value is -2.92. The van der Waals surface area contributed by atoms with Crippen molar-refractivity contribution < 1.29 is 22.8 Å². The van der Waals surface area contributed by atoms with E-state index in [2.05, 4.69) is 9.68 Å². The van der Waals surface area contributed by atoms with Gasteiger partial charge >= 0.3 is 16.6 Å². The Kier molecular flexibility index (Phi) is 6.94. The van der Waals surface area contributed by atoms with E-state index in [1.54, 1.807) is 29.8 Å². The van der Waals surface area contributed by atoms with Gasteiger partial charge in [-0.15, -0.1) is 5.06 Å². The summed E-state index contributed by atoms with van der Waals surface area (Å²) in [5.74, 6) is -0.295. The predicted molar refractivity (Wildman–Crippen MR) is 127 cm³/mol. The topological polar surface area (TPSA) is 110 Å². The normalized spacial score (nSPS) is 15.6. The Morgan fingerprint density at radius 3 is 2.41 bits per heavy atom. The number of rotatable bonds is 4. The van der Waals surface area contributed by atoms with Gasteiger partial charge in [-0.1, -0.05) is 57.9 Å². The number of aryl methyl sites for hydroxylation is 1. The molecule has 0 spiro atoms. The molecule has 4 rings (SSSR count). The van der Waals surface area contributed by atoms with E-state index in [-0.39, 0.29) is 19.0 Å². The molecule has 12 heteroatoms. The third kappa shape index (κ3) is 4.80. The summed E-state index contributed by atoms with van der Waals surface area (Å²) in [5.41, 5.74) is 1.35. The molecule has 0 aliphatic carbocycles. The fourth-order valence-corrected chi connectivity index (χ4v) is 4.77. The minimum absolute atomic E-state index is 0.262. The highest BCUT2D eigenvalue weighted by Crippen LogP contribution is 2.35. The lowest BCUT2D eigenvalue weighted by atomic mass is 9.81. The molecule has 1 aromatic heterocycles. The SMILES string of the molecule is Cn1c(C(=O)NC2(c3ccccc3)CCN(OC(=O)N=S(=O)=O)CC2)cc2c(Cl)c(Cl)ccc21. The van der Waals surface area contributed by atoms with Gasteiger partial charge in [-0.25, -0.2) is 4.79 Å². The lowest BCUT2D eigenvalue weighted by Crippen LogP contribution is -2.53. The number of nitrogens with zero attached hydrogens (tertiary/aromatic N) is 3. The van der Waals surface area contributed by atoms with Crippen molar-refractivity contribution in [3.8, 4) is 0 Å². The van der Waals surface area contributed by atoms with E-state index in [1.165, 1.54) is 5.06 Å². The van der Waals surface area contributed by atoms with Crippen molar-refractivity contribution >= 4 is 56.6 Å². The van der Waals surface area contributed by atoms with Crippen molar-refractivity contribution in [3.63, 3.8) is 0 Å². The van der Waals surface area contributed by atoms with Crippen molar-refractivity contribution in [3.05, 3.63) is 69.8 Å². The number of hydrogen-bond donors (Lipinski definition) is 1. The molecule has 1 fully saturated rings. The Labute approximate surface area is 206 Å². The van der Waals surface area contributed by atoms with Crippen LogP contribution in [-0.4, -0.2) is 43.1 Å². The van der Waals surface area contributed by atoms with Gasteiger partial charge in [-0.2, -0.15) is 8.42 Å². The molecule has 1 N–H and O–H groups in total. The number of aromatic nitrogens is 1. The summed E-state index contributed by atoms with van der Waals surface area (Å²) in [6.07, 6.45) is -0.393. The van der Waals surface area contributed by atoms with Crippen LogP contribution in [0, 0.1) is 0 Å². The number of amides is 2. The van der Waals surface area contributed by atoms with Gasteiger partial charge in [0.1, 0.15) is 5.69 Å². The smallest absolute Gasteiger partial charge is 0.349 e. The highest BCUT2D eigenvalue weighted by molar-refractivity contribution is 7.62. The van der Waals surface area contributed by atoms with Gasteiger partial charge < -0.3 is 14.7 Å². The summed E-state index contributed by atoms with van der Waals surface area (Å²) in [7, 11) is -1.11. The van der Waals surface area contributed by atoms with Gasteiger partial charge in [-0.3, -0.25) is 4.79 Å². The van der Waals surface area contributed by atoms with E-state index in [0.29, 0.717) is 34.0 Å². The van der Waals surface area contributed by atoms with Gasteiger partial charge in [0.15, 0.2) is 0 Å². The number of halogens is 2. The average molecular weight is 523 g/mol. The number of benzene rings is 2. The zero-order valence-corrected chi connectivity index (χ0v) is 20.3. The molecule has 0 saturated carbocycles. The minimum Gasteiger partial charge on any atom is -0.349 e. The van der Waals surface area contributed by atoms with E-state index in [1.807, 2.05) is 30.3 Å². The van der Waals surface area contributed by atoms with Gasteiger partial charge in [0, 0.05) is 31.0 Å². The fraction of sp³-hybridized carbons (Fsp3) is 0.273. The van der Waals surface area contributed by atoms with Crippen LogP contribution in [-0.2, 0) is 27.9 Å². The van der Waals surface area contributed by atoms with Gasteiger partial charge in [0.25, 0.3) is 5.91 Å². The molecule has 2 amide bonds. The molecule has 0 radical (unpaired) electrons. The Morgan fingerprint density at radius 1 is 1.09 bits per heavy atom. The molecule has 9 nitrogen and oxygen atoms in total. The highest BCUT2D eigenvalue weighted by Gasteiger charge is 2.39. The molecule has 3 aromatic rings. The molecule has 178 valence electrons. The van der Waals surface area contributed by atoms with Crippen molar-refractivity contribution in [2.75, 3.05) is 13.1 Å². The molecule has 1 aliphatic heterocycles. The first kappa shape index (κ1) is 24.2. The van der Waals surface area contributed by atoms with Crippen LogP contribution in [0.25, 0.3) is 10.9 Å². The van der Waals surface area contributed by atoms with Crippen LogP contribution in [0.1, 0.15) is 28.9 Å².